The monoisotopic (exact) mass is 333 g/mol. The molecule has 2 aliphatic rings. The fourth-order valence-corrected chi connectivity index (χ4v) is 3.39. The third-order valence-electron chi connectivity index (χ3n) is 4.35. The molecule has 2 heterocycles. The largest absolute Gasteiger partial charge is 0.444 e. The molecule has 0 radical (unpaired) electrons. The van der Waals surface area contributed by atoms with Crippen LogP contribution in [0.3, 0.4) is 0 Å². The third kappa shape index (κ3) is 3.87. The second-order valence-electron chi connectivity index (χ2n) is 7.28. The van der Waals surface area contributed by atoms with Crippen LogP contribution in [0.1, 0.15) is 46.5 Å². The van der Waals surface area contributed by atoms with Crippen LogP contribution in [0.5, 0.6) is 0 Å². The van der Waals surface area contributed by atoms with Crippen molar-refractivity contribution in [2.45, 2.75) is 70.3 Å². The van der Waals surface area contributed by atoms with Gasteiger partial charge in [-0.2, -0.15) is 13.2 Å². The summed E-state index contributed by atoms with van der Waals surface area (Å²) in [5, 5.41) is 0. The van der Waals surface area contributed by atoms with Crippen LogP contribution in [0.15, 0.2) is 12.2 Å². The number of rotatable bonds is 2. The zero-order valence-corrected chi connectivity index (χ0v) is 13.6. The number of Topliss-reactive ketones (excluding diaryl/α,β-unsaturated/α-hetero) is 1. The van der Waals surface area contributed by atoms with E-state index in [0.717, 1.165) is 0 Å². The second kappa shape index (κ2) is 5.83. The number of alkyl halides is 3. The molecule has 2 atom stereocenters. The molecule has 0 N–H and O–H groups in total. The molecule has 0 aliphatic carbocycles. The number of hydrogen-bond acceptors (Lipinski definition) is 3. The van der Waals surface area contributed by atoms with E-state index >= 15 is 0 Å². The van der Waals surface area contributed by atoms with E-state index in [1.165, 1.54) is 0 Å². The van der Waals surface area contributed by atoms with E-state index in [4.69, 9.17) is 4.74 Å². The van der Waals surface area contributed by atoms with Gasteiger partial charge in [0.1, 0.15) is 5.60 Å². The molecule has 2 aliphatic heterocycles. The zero-order valence-electron chi connectivity index (χ0n) is 13.6. The van der Waals surface area contributed by atoms with Gasteiger partial charge in [0.25, 0.3) is 0 Å². The number of halogens is 3. The summed E-state index contributed by atoms with van der Waals surface area (Å²) in [6.07, 6.45) is -3.30. The van der Waals surface area contributed by atoms with Crippen molar-refractivity contribution in [2.24, 2.45) is 5.92 Å². The second-order valence-corrected chi connectivity index (χ2v) is 7.28. The van der Waals surface area contributed by atoms with Crippen molar-refractivity contribution in [1.82, 2.24) is 4.90 Å². The van der Waals surface area contributed by atoms with E-state index in [-0.39, 0.29) is 24.9 Å². The predicted molar refractivity (Wildman–Crippen MR) is 77.8 cm³/mol. The molecule has 130 valence electrons. The summed E-state index contributed by atoms with van der Waals surface area (Å²) < 4.78 is 43.3. The Bertz CT molecular complexity index is 508. The molecule has 0 aromatic heterocycles. The highest BCUT2D eigenvalue weighted by atomic mass is 19.4. The van der Waals surface area contributed by atoms with Gasteiger partial charge in [-0.25, -0.2) is 4.79 Å². The van der Waals surface area contributed by atoms with Gasteiger partial charge in [0.05, 0.1) is 5.57 Å². The van der Waals surface area contributed by atoms with Crippen LogP contribution in [-0.4, -0.2) is 40.6 Å². The Hall–Kier alpha value is -1.53. The Labute approximate surface area is 133 Å². The average molecular weight is 333 g/mol. The molecule has 0 aromatic rings. The molecular formula is C16H22F3NO3. The summed E-state index contributed by atoms with van der Waals surface area (Å²) in [4.78, 5) is 25.9. The van der Waals surface area contributed by atoms with Crippen LogP contribution in [0.25, 0.3) is 0 Å². The van der Waals surface area contributed by atoms with Crippen molar-refractivity contribution in [3.8, 4) is 0 Å². The van der Waals surface area contributed by atoms with Crippen molar-refractivity contribution in [3.63, 3.8) is 0 Å². The Kier molecular flexibility index (Phi) is 4.52. The molecule has 23 heavy (non-hydrogen) atoms. The lowest BCUT2D eigenvalue weighted by molar-refractivity contribution is -0.134. The topological polar surface area (TPSA) is 46.6 Å². The van der Waals surface area contributed by atoms with Crippen molar-refractivity contribution < 1.29 is 27.5 Å². The van der Waals surface area contributed by atoms with Crippen LogP contribution in [0.2, 0.25) is 0 Å². The Morgan fingerprint density at radius 3 is 1.96 bits per heavy atom. The summed E-state index contributed by atoms with van der Waals surface area (Å²) in [6.45, 7) is 8.18. The van der Waals surface area contributed by atoms with Crippen molar-refractivity contribution in [3.05, 3.63) is 12.2 Å². The molecule has 4 nitrogen and oxygen atoms in total. The number of carbonyl (C=O) groups excluding carboxylic acids is 2. The van der Waals surface area contributed by atoms with Crippen molar-refractivity contribution >= 4 is 11.9 Å². The van der Waals surface area contributed by atoms with Gasteiger partial charge >= 0.3 is 12.3 Å². The maximum atomic E-state index is 12.7. The number of ether oxygens (including phenoxy) is 1. The van der Waals surface area contributed by atoms with Gasteiger partial charge in [-0.1, -0.05) is 6.58 Å². The van der Waals surface area contributed by atoms with E-state index in [1.807, 2.05) is 0 Å². The number of amides is 1. The highest BCUT2D eigenvalue weighted by Crippen LogP contribution is 2.41. The summed E-state index contributed by atoms with van der Waals surface area (Å²) >= 11 is 0. The van der Waals surface area contributed by atoms with Gasteiger partial charge in [0.15, 0.2) is 5.78 Å². The highest BCUT2D eigenvalue weighted by Gasteiger charge is 2.49. The minimum atomic E-state index is -4.70. The maximum Gasteiger partial charge on any atom is 0.419 e. The van der Waals surface area contributed by atoms with E-state index in [2.05, 4.69) is 6.58 Å². The lowest BCUT2D eigenvalue weighted by Crippen LogP contribution is -2.50. The molecule has 2 rings (SSSR count). The molecule has 7 heteroatoms. The number of piperidine rings is 1. The minimum absolute atomic E-state index is 0.237. The van der Waals surface area contributed by atoms with Gasteiger partial charge in [0, 0.05) is 18.0 Å². The number of ketones is 1. The molecule has 2 bridgehead atoms. The molecule has 2 fully saturated rings. The molecular weight excluding hydrogens is 311 g/mol. The molecule has 0 saturated carbocycles. The van der Waals surface area contributed by atoms with Crippen LogP contribution < -0.4 is 0 Å². The quantitative estimate of drug-likeness (QED) is 0.721. The minimum Gasteiger partial charge on any atom is -0.444 e. The fourth-order valence-electron chi connectivity index (χ4n) is 3.39. The molecule has 0 aromatic carbocycles. The zero-order chi connectivity index (χ0) is 17.6. The van der Waals surface area contributed by atoms with Crippen molar-refractivity contribution in [1.29, 1.82) is 0 Å². The number of carbonyl (C=O) groups is 2. The van der Waals surface area contributed by atoms with Crippen LogP contribution in [0, 0.1) is 5.92 Å². The standard InChI is InChI=1S/C16H22F3NO3/c1-9(16(17,18)19)13(21)10-7-11-5-6-12(8-10)20(11)14(22)23-15(2,3)4/h10-12H,1,5-8H2,2-4H3. The first-order chi connectivity index (χ1) is 10.4. The van der Waals surface area contributed by atoms with Crippen molar-refractivity contribution in [2.75, 3.05) is 0 Å². The molecule has 0 spiro atoms. The Morgan fingerprint density at radius 2 is 1.57 bits per heavy atom. The van der Waals surface area contributed by atoms with Crippen LogP contribution >= 0.6 is 0 Å². The summed E-state index contributed by atoms with van der Waals surface area (Å²) in [6, 6.07) is -0.475. The van der Waals surface area contributed by atoms with Crippen LogP contribution in [-0.2, 0) is 9.53 Å². The lowest BCUT2D eigenvalue weighted by Gasteiger charge is -2.39. The first-order valence-electron chi connectivity index (χ1n) is 7.72. The van der Waals surface area contributed by atoms with E-state index in [9.17, 15) is 22.8 Å². The Morgan fingerprint density at radius 1 is 1.09 bits per heavy atom. The Balaban J connectivity index is 2.06. The maximum absolute atomic E-state index is 12.7. The smallest absolute Gasteiger partial charge is 0.419 e. The summed E-state index contributed by atoms with van der Waals surface area (Å²) in [7, 11) is 0. The third-order valence-corrected chi connectivity index (χ3v) is 4.35. The fraction of sp³-hybridized carbons (Fsp3) is 0.750. The van der Waals surface area contributed by atoms with E-state index in [1.54, 1.807) is 25.7 Å². The molecule has 1 amide bonds. The SMILES string of the molecule is C=C(C(=O)C1CC2CCC(C1)N2C(=O)OC(C)(C)C)C(F)(F)F. The first kappa shape index (κ1) is 17.8. The number of nitrogens with zero attached hydrogens (tertiary/aromatic N) is 1. The lowest BCUT2D eigenvalue weighted by atomic mass is 9.85. The number of fused-ring (bicyclic) bond motifs is 2. The summed E-state index contributed by atoms with van der Waals surface area (Å²) in [5.74, 6) is -1.67. The summed E-state index contributed by atoms with van der Waals surface area (Å²) in [5.41, 5.74) is -1.93. The van der Waals surface area contributed by atoms with Gasteiger partial charge in [-0.3, -0.25) is 4.79 Å². The molecule has 2 saturated heterocycles. The van der Waals surface area contributed by atoms with E-state index < -0.39 is 35.1 Å². The molecule has 2 unspecified atom stereocenters. The normalized spacial score (nSPS) is 27.7. The van der Waals surface area contributed by atoms with E-state index in [0.29, 0.717) is 12.8 Å². The number of allylic oxidation sites excluding steroid dienone is 1. The van der Waals surface area contributed by atoms with Gasteiger partial charge in [-0.15, -0.1) is 0 Å². The first-order valence-corrected chi connectivity index (χ1v) is 7.72. The van der Waals surface area contributed by atoms with Gasteiger partial charge in [-0.05, 0) is 46.5 Å². The highest BCUT2D eigenvalue weighted by molar-refractivity contribution is 5.98. The van der Waals surface area contributed by atoms with Crippen LogP contribution in [0.4, 0.5) is 18.0 Å². The predicted octanol–water partition coefficient (Wildman–Crippen LogP) is 3.85. The van der Waals surface area contributed by atoms with Gasteiger partial charge < -0.3 is 9.64 Å². The van der Waals surface area contributed by atoms with Gasteiger partial charge in [0.2, 0.25) is 0 Å². The number of hydrogen-bond donors (Lipinski definition) is 0. The average Bonchev–Trinajstić information content (AvgIpc) is 2.65.